The van der Waals surface area contributed by atoms with Gasteiger partial charge in [-0.15, -0.1) is 0 Å². The summed E-state index contributed by atoms with van der Waals surface area (Å²) in [5, 5.41) is 0. The molecule has 0 radical (unpaired) electrons. The van der Waals surface area contributed by atoms with Gasteiger partial charge in [-0.2, -0.15) is 0 Å². The molecule has 0 amide bonds. The lowest BCUT2D eigenvalue weighted by Crippen LogP contribution is -2.20. The van der Waals surface area contributed by atoms with Gasteiger partial charge in [0.15, 0.2) is 0 Å². The molecule has 98 valence electrons. The van der Waals surface area contributed by atoms with E-state index in [2.05, 4.69) is 4.52 Å². The smallest absolute Gasteiger partial charge is 0.324 e. The van der Waals surface area contributed by atoms with Crippen LogP contribution in [0.25, 0.3) is 0 Å². The topological polar surface area (TPSA) is 113 Å². The first kappa shape index (κ1) is 16.3. The normalized spacial score (nSPS) is 18.4. The highest BCUT2D eigenvalue weighted by Crippen LogP contribution is 2.40. The van der Waals surface area contributed by atoms with E-state index in [-0.39, 0.29) is 25.0 Å². The summed E-state index contributed by atoms with van der Waals surface area (Å²) in [7, 11) is -8.08. The lowest BCUT2D eigenvalue weighted by molar-refractivity contribution is 0.109. The fourth-order valence-corrected chi connectivity index (χ4v) is 1.71. The van der Waals surface area contributed by atoms with Gasteiger partial charge in [0.1, 0.15) is 0 Å². The lowest BCUT2D eigenvalue weighted by atomic mass is 9.98. The van der Waals surface area contributed by atoms with Gasteiger partial charge in [-0.1, -0.05) is 13.8 Å². The van der Waals surface area contributed by atoms with Crippen molar-refractivity contribution >= 4 is 15.4 Å². The summed E-state index contributed by atoms with van der Waals surface area (Å²) in [5.41, 5.74) is 0. The lowest BCUT2D eigenvalue weighted by Gasteiger charge is -2.21. The Labute approximate surface area is 94.6 Å². The van der Waals surface area contributed by atoms with Gasteiger partial charge in [-0.3, -0.25) is 9.09 Å². The summed E-state index contributed by atoms with van der Waals surface area (Å²) >= 11 is 0. The quantitative estimate of drug-likeness (QED) is 0.598. The van der Waals surface area contributed by atoms with Gasteiger partial charge in [-0.25, -0.2) is 4.57 Å². The summed E-state index contributed by atoms with van der Waals surface area (Å²) in [6.07, 6.45) is 0. The molecule has 9 heteroatoms. The minimum absolute atomic E-state index is 0.0121. The van der Waals surface area contributed by atoms with E-state index in [0.717, 1.165) is 6.66 Å². The van der Waals surface area contributed by atoms with Crippen molar-refractivity contribution < 1.29 is 32.9 Å². The number of rotatable bonds is 7. The Hall–Kier alpha value is 0.260. The second-order valence-corrected chi connectivity index (χ2v) is 6.99. The van der Waals surface area contributed by atoms with Gasteiger partial charge >= 0.3 is 15.4 Å². The maximum absolute atomic E-state index is 10.9. The molecule has 0 aliphatic rings. The Morgan fingerprint density at radius 1 is 1.06 bits per heavy atom. The van der Waals surface area contributed by atoms with Crippen molar-refractivity contribution in [2.45, 2.75) is 13.8 Å². The van der Waals surface area contributed by atoms with Gasteiger partial charge in [0, 0.05) is 12.6 Å². The summed E-state index contributed by atoms with van der Waals surface area (Å²) in [5.74, 6) is -0.342. The average molecular weight is 276 g/mol. The Morgan fingerprint density at radius 3 is 1.81 bits per heavy atom. The van der Waals surface area contributed by atoms with Crippen LogP contribution < -0.4 is 0 Å². The summed E-state index contributed by atoms with van der Waals surface area (Å²) < 4.78 is 30.4. The van der Waals surface area contributed by atoms with E-state index in [1.54, 1.807) is 13.8 Å². The van der Waals surface area contributed by atoms with Crippen LogP contribution in [-0.2, 0) is 18.2 Å². The van der Waals surface area contributed by atoms with Crippen molar-refractivity contribution in [2.24, 2.45) is 11.8 Å². The molecule has 0 aromatic rings. The average Bonchev–Trinajstić information content (AvgIpc) is 1.98. The first-order valence-corrected chi connectivity index (χ1v) is 8.21. The van der Waals surface area contributed by atoms with Gasteiger partial charge in [0.25, 0.3) is 0 Å². The fourth-order valence-electron chi connectivity index (χ4n) is 0.860. The zero-order valence-corrected chi connectivity index (χ0v) is 11.2. The molecule has 0 aromatic heterocycles. The third-order valence-electron chi connectivity index (χ3n) is 1.93. The predicted molar refractivity (Wildman–Crippen MR) is 58.0 cm³/mol. The monoisotopic (exact) mass is 276 g/mol. The van der Waals surface area contributed by atoms with Crippen LogP contribution in [0.2, 0.25) is 0 Å². The predicted octanol–water partition coefficient (Wildman–Crippen LogP) is 1.20. The Morgan fingerprint density at radius 2 is 1.50 bits per heavy atom. The van der Waals surface area contributed by atoms with E-state index in [0.29, 0.717) is 0 Å². The molecule has 0 heterocycles. The molecular formula is C7H18O7P2. The zero-order chi connectivity index (χ0) is 13.0. The first-order chi connectivity index (χ1) is 7.01. The van der Waals surface area contributed by atoms with Gasteiger partial charge < -0.3 is 19.2 Å². The molecule has 0 bridgehead atoms. The van der Waals surface area contributed by atoms with Crippen LogP contribution in [0.4, 0.5) is 0 Å². The van der Waals surface area contributed by atoms with Crippen LogP contribution in [-0.4, -0.2) is 34.6 Å². The minimum Gasteiger partial charge on any atom is -0.324 e. The van der Waals surface area contributed by atoms with E-state index < -0.39 is 15.4 Å². The van der Waals surface area contributed by atoms with Crippen molar-refractivity contribution in [1.82, 2.24) is 0 Å². The Balaban J connectivity index is 4.19. The van der Waals surface area contributed by atoms with Crippen molar-refractivity contribution in [3.05, 3.63) is 0 Å². The zero-order valence-electron chi connectivity index (χ0n) is 9.44. The number of phosphoric acid groups is 1. The van der Waals surface area contributed by atoms with Crippen molar-refractivity contribution in [3.8, 4) is 0 Å². The second kappa shape index (κ2) is 6.26. The third-order valence-corrected chi connectivity index (χ3v) is 3.04. The molecule has 16 heavy (non-hydrogen) atoms. The van der Waals surface area contributed by atoms with Crippen molar-refractivity contribution in [2.75, 3.05) is 19.9 Å². The van der Waals surface area contributed by atoms with E-state index in [1.165, 1.54) is 0 Å². The summed E-state index contributed by atoms with van der Waals surface area (Å²) in [6.45, 7) is 4.35. The Bertz CT molecular complexity index is 265. The molecule has 0 saturated heterocycles. The molecule has 0 aromatic carbocycles. The molecular weight excluding hydrogens is 258 g/mol. The third kappa shape index (κ3) is 9.48. The van der Waals surface area contributed by atoms with Crippen LogP contribution in [0, 0.1) is 11.8 Å². The molecule has 2 atom stereocenters. The second-order valence-electron chi connectivity index (χ2n) is 3.89. The summed E-state index contributed by atoms with van der Waals surface area (Å²) in [4.78, 5) is 26.0. The maximum Gasteiger partial charge on any atom is 0.469 e. The van der Waals surface area contributed by atoms with E-state index in [1.807, 2.05) is 0 Å². The molecule has 0 spiro atoms. The SMILES string of the molecule is CC(C)C(COP(C)(=O)O)COP(=O)(O)O. The highest BCUT2D eigenvalue weighted by Gasteiger charge is 2.23. The van der Waals surface area contributed by atoms with E-state index in [4.69, 9.17) is 19.2 Å². The van der Waals surface area contributed by atoms with Gasteiger partial charge in [0.2, 0.25) is 0 Å². The van der Waals surface area contributed by atoms with Crippen LogP contribution in [0.15, 0.2) is 0 Å². The van der Waals surface area contributed by atoms with Crippen molar-refractivity contribution in [3.63, 3.8) is 0 Å². The molecule has 0 fully saturated rings. The Kier molecular flexibility index (Phi) is 6.36. The molecule has 7 nitrogen and oxygen atoms in total. The fraction of sp³-hybridized carbons (Fsp3) is 1.00. The molecule has 0 rings (SSSR count). The largest absolute Gasteiger partial charge is 0.469 e. The summed E-state index contributed by atoms with van der Waals surface area (Å²) in [6, 6.07) is 0. The van der Waals surface area contributed by atoms with Crippen LogP contribution in [0.3, 0.4) is 0 Å². The molecule has 0 saturated carbocycles. The van der Waals surface area contributed by atoms with Crippen LogP contribution in [0.1, 0.15) is 13.8 Å². The number of phosphoric ester groups is 1. The highest BCUT2D eigenvalue weighted by atomic mass is 31.2. The number of hydrogen-bond acceptors (Lipinski definition) is 4. The first-order valence-electron chi connectivity index (χ1n) is 4.66. The molecule has 0 aliphatic carbocycles. The molecule has 0 aliphatic heterocycles. The van der Waals surface area contributed by atoms with Crippen LogP contribution >= 0.6 is 15.4 Å². The standard InChI is InChI=1S/C7H18O7P2/c1-6(2)7(4-13-15(3,8)9)5-14-16(10,11)12/h6-7H,4-5H2,1-3H3,(H,8,9)(H2,10,11,12). The van der Waals surface area contributed by atoms with E-state index >= 15 is 0 Å². The number of hydrogen-bond donors (Lipinski definition) is 3. The maximum atomic E-state index is 10.9. The van der Waals surface area contributed by atoms with Gasteiger partial charge in [-0.05, 0) is 5.92 Å². The minimum atomic E-state index is -4.51. The highest BCUT2D eigenvalue weighted by molar-refractivity contribution is 7.51. The van der Waals surface area contributed by atoms with E-state index in [9.17, 15) is 9.13 Å². The van der Waals surface area contributed by atoms with Crippen molar-refractivity contribution in [1.29, 1.82) is 0 Å². The molecule has 3 N–H and O–H groups in total. The molecule has 2 unspecified atom stereocenters. The van der Waals surface area contributed by atoms with Crippen LogP contribution in [0.5, 0.6) is 0 Å². The van der Waals surface area contributed by atoms with Gasteiger partial charge in [0.05, 0.1) is 13.2 Å².